The molecule has 0 aromatic carbocycles. The average molecular weight is 274 g/mol. The van der Waals surface area contributed by atoms with Crippen LogP contribution in [0.3, 0.4) is 0 Å². The van der Waals surface area contributed by atoms with Crippen molar-refractivity contribution in [2.75, 3.05) is 7.11 Å². The van der Waals surface area contributed by atoms with Crippen molar-refractivity contribution in [2.45, 2.75) is 57.7 Å². The van der Waals surface area contributed by atoms with E-state index in [2.05, 4.69) is 9.62 Å². The first-order chi connectivity index (χ1) is 8.81. The molecule has 1 aliphatic heterocycles. The van der Waals surface area contributed by atoms with Crippen LogP contribution in [0.1, 0.15) is 46.5 Å². The van der Waals surface area contributed by atoms with Crippen LogP contribution in [0.4, 0.5) is 0 Å². The molecule has 0 spiro atoms. The fourth-order valence-electron chi connectivity index (χ4n) is 2.74. The van der Waals surface area contributed by atoms with Gasteiger partial charge in [-0.1, -0.05) is 6.92 Å². The first kappa shape index (κ1) is 15.9. The number of methoxy groups -OCH3 is 1. The summed E-state index contributed by atoms with van der Waals surface area (Å²) >= 11 is 0. The molecular formula is C13H22O6. The van der Waals surface area contributed by atoms with Crippen molar-refractivity contribution in [3.05, 3.63) is 0 Å². The fourth-order valence-corrected chi connectivity index (χ4v) is 2.74. The zero-order valence-corrected chi connectivity index (χ0v) is 11.9. The van der Waals surface area contributed by atoms with Gasteiger partial charge in [0.25, 0.3) is 0 Å². The molecule has 1 heterocycles. The van der Waals surface area contributed by atoms with Crippen molar-refractivity contribution in [3.8, 4) is 0 Å². The summed E-state index contributed by atoms with van der Waals surface area (Å²) in [5.74, 6) is -1.70. The van der Waals surface area contributed by atoms with E-state index in [1.54, 1.807) is 0 Å². The molecule has 1 fully saturated rings. The average Bonchev–Trinajstić information content (AvgIpc) is 2.36. The second-order valence-corrected chi connectivity index (χ2v) is 5.53. The summed E-state index contributed by atoms with van der Waals surface area (Å²) in [4.78, 5) is 27.5. The highest BCUT2D eigenvalue weighted by molar-refractivity contribution is 5.86. The Morgan fingerprint density at radius 2 is 2.05 bits per heavy atom. The Balaban J connectivity index is 3.15. The third kappa shape index (κ3) is 3.25. The maximum atomic E-state index is 12.0. The highest BCUT2D eigenvalue weighted by atomic mass is 17.1. The number of carbonyl (C=O) groups excluding carboxylic acids is 2. The van der Waals surface area contributed by atoms with E-state index < -0.39 is 23.1 Å². The lowest BCUT2D eigenvalue weighted by molar-refractivity contribution is -0.280. The van der Waals surface area contributed by atoms with Crippen LogP contribution in [0.5, 0.6) is 0 Å². The Kier molecular flexibility index (Phi) is 4.92. The molecule has 6 nitrogen and oxygen atoms in total. The van der Waals surface area contributed by atoms with Crippen LogP contribution >= 0.6 is 0 Å². The van der Waals surface area contributed by atoms with Crippen LogP contribution in [0.2, 0.25) is 0 Å². The number of carbonyl (C=O) groups is 2. The number of ether oxygens (including phenoxy) is 2. The molecular weight excluding hydrogens is 252 g/mol. The van der Waals surface area contributed by atoms with Gasteiger partial charge < -0.3 is 9.47 Å². The SMILES string of the molecule is CCC1CCC(C)(C)OC1(CC(=O)OC)C(=O)OO. The van der Waals surface area contributed by atoms with Crippen LogP contribution in [-0.4, -0.2) is 35.5 Å². The van der Waals surface area contributed by atoms with Crippen LogP contribution in [0.25, 0.3) is 0 Å². The number of esters is 1. The summed E-state index contributed by atoms with van der Waals surface area (Å²) in [6.45, 7) is 5.59. The summed E-state index contributed by atoms with van der Waals surface area (Å²) in [5, 5.41) is 8.74. The van der Waals surface area contributed by atoms with Crippen molar-refractivity contribution in [2.24, 2.45) is 5.92 Å². The Morgan fingerprint density at radius 3 is 2.53 bits per heavy atom. The van der Waals surface area contributed by atoms with E-state index in [4.69, 9.17) is 9.99 Å². The van der Waals surface area contributed by atoms with Crippen molar-refractivity contribution in [1.29, 1.82) is 0 Å². The van der Waals surface area contributed by atoms with Crippen LogP contribution in [0, 0.1) is 5.92 Å². The smallest absolute Gasteiger partial charge is 0.374 e. The molecule has 0 amide bonds. The van der Waals surface area contributed by atoms with Gasteiger partial charge in [-0.05, 0) is 39.0 Å². The van der Waals surface area contributed by atoms with Crippen molar-refractivity contribution >= 4 is 11.9 Å². The Morgan fingerprint density at radius 1 is 1.42 bits per heavy atom. The molecule has 0 aliphatic carbocycles. The number of hydrogen-bond donors (Lipinski definition) is 1. The maximum Gasteiger partial charge on any atom is 0.374 e. The predicted molar refractivity (Wildman–Crippen MR) is 66.3 cm³/mol. The quantitative estimate of drug-likeness (QED) is 0.479. The molecule has 0 saturated carbocycles. The predicted octanol–water partition coefficient (Wildman–Crippen LogP) is 1.92. The third-order valence-electron chi connectivity index (χ3n) is 3.77. The largest absolute Gasteiger partial charge is 0.469 e. The Hall–Kier alpha value is -1.14. The molecule has 1 N–H and O–H groups in total. The fraction of sp³-hybridized carbons (Fsp3) is 0.846. The molecule has 1 rings (SSSR count). The monoisotopic (exact) mass is 274 g/mol. The van der Waals surface area contributed by atoms with Crippen LogP contribution in [-0.2, 0) is 24.0 Å². The minimum absolute atomic E-state index is 0.195. The second-order valence-electron chi connectivity index (χ2n) is 5.53. The van der Waals surface area contributed by atoms with E-state index in [1.165, 1.54) is 7.11 Å². The normalized spacial score (nSPS) is 29.6. The van der Waals surface area contributed by atoms with E-state index in [1.807, 2.05) is 20.8 Å². The van der Waals surface area contributed by atoms with Crippen molar-refractivity contribution < 1.29 is 29.2 Å². The highest BCUT2D eigenvalue weighted by Gasteiger charge is 2.55. The first-order valence-electron chi connectivity index (χ1n) is 6.44. The molecule has 1 aliphatic rings. The van der Waals surface area contributed by atoms with Gasteiger partial charge in [0, 0.05) is 0 Å². The molecule has 0 aromatic heterocycles. The van der Waals surface area contributed by atoms with E-state index >= 15 is 0 Å². The minimum atomic E-state index is -1.47. The van der Waals surface area contributed by atoms with Gasteiger partial charge in [-0.3, -0.25) is 9.68 Å². The van der Waals surface area contributed by atoms with Gasteiger partial charge in [-0.2, -0.15) is 5.26 Å². The van der Waals surface area contributed by atoms with Gasteiger partial charge in [0.15, 0.2) is 5.60 Å². The molecule has 2 atom stereocenters. The van der Waals surface area contributed by atoms with Crippen LogP contribution < -0.4 is 0 Å². The summed E-state index contributed by atoms with van der Waals surface area (Å²) in [7, 11) is 1.25. The zero-order chi connectivity index (χ0) is 14.7. The molecule has 0 bridgehead atoms. The summed E-state index contributed by atoms with van der Waals surface area (Å²) in [6.07, 6.45) is 1.87. The van der Waals surface area contributed by atoms with E-state index in [0.717, 1.165) is 12.8 Å². The highest BCUT2D eigenvalue weighted by Crippen LogP contribution is 2.44. The zero-order valence-electron chi connectivity index (χ0n) is 11.9. The van der Waals surface area contributed by atoms with Crippen molar-refractivity contribution in [1.82, 2.24) is 0 Å². The molecule has 110 valence electrons. The third-order valence-corrected chi connectivity index (χ3v) is 3.77. The second kappa shape index (κ2) is 5.88. The van der Waals surface area contributed by atoms with Gasteiger partial charge in [-0.15, -0.1) is 0 Å². The van der Waals surface area contributed by atoms with Gasteiger partial charge in [0.1, 0.15) is 0 Å². The molecule has 2 unspecified atom stereocenters. The standard InChI is InChI=1S/C13H22O6/c1-5-9-6-7-12(2,3)19-13(9,11(15)18-16)8-10(14)17-4/h9,16H,5-8H2,1-4H3. The summed E-state index contributed by atoms with van der Waals surface area (Å²) in [5.41, 5.74) is -2.04. The van der Waals surface area contributed by atoms with E-state index in [0.29, 0.717) is 6.42 Å². The lowest BCUT2D eigenvalue weighted by Crippen LogP contribution is -2.58. The van der Waals surface area contributed by atoms with Gasteiger partial charge >= 0.3 is 11.9 Å². The van der Waals surface area contributed by atoms with E-state index in [9.17, 15) is 9.59 Å². The molecule has 0 aromatic rings. The minimum Gasteiger partial charge on any atom is -0.469 e. The van der Waals surface area contributed by atoms with Crippen molar-refractivity contribution in [3.63, 3.8) is 0 Å². The molecule has 19 heavy (non-hydrogen) atoms. The number of rotatable bonds is 4. The molecule has 0 radical (unpaired) electrons. The molecule has 6 heteroatoms. The lowest BCUT2D eigenvalue weighted by Gasteiger charge is -2.47. The van der Waals surface area contributed by atoms with Crippen LogP contribution in [0.15, 0.2) is 0 Å². The van der Waals surface area contributed by atoms with Gasteiger partial charge in [0.05, 0.1) is 19.1 Å². The topological polar surface area (TPSA) is 82.1 Å². The first-order valence-corrected chi connectivity index (χ1v) is 6.44. The summed E-state index contributed by atoms with van der Waals surface area (Å²) in [6, 6.07) is 0. The van der Waals surface area contributed by atoms with Gasteiger partial charge in [-0.25, -0.2) is 4.79 Å². The lowest BCUT2D eigenvalue weighted by atomic mass is 9.74. The van der Waals surface area contributed by atoms with Gasteiger partial charge in [0.2, 0.25) is 0 Å². The summed E-state index contributed by atoms with van der Waals surface area (Å²) < 4.78 is 10.5. The Bertz CT molecular complexity index is 351. The number of hydrogen-bond acceptors (Lipinski definition) is 6. The Labute approximate surface area is 112 Å². The maximum absolute atomic E-state index is 12.0. The van der Waals surface area contributed by atoms with E-state index in [-0.39, 0.29) is 12.3 Å². The molecule has 1 saturated heterocycles.